The minimum atomic E-state index is -4.54. The summed E-state index contributed by atoms with van der Waals surface area (Å²) in [6.07, 6.45) is -8.14. The maximum Gasteiger partial charge on any atom is 0.358 e. The highest BCUT2D eigenvalue weighted by Gasteiger charge is 2.50. The second-order valence-electron chi connectivity index (χ2n) is 24.8. The first kappa shape index (κ1) is 75.1. The summed E-state index contributed by atoms with van der Waals surface area (Å²) in [7, 11) is 0.254. The van der Waals surface area contributed by atoms with Gasteiger partial charge in [0, 0.05) is 56.3 Å². The van der Waals surface area contributed by atoms with Crippen molar-refractivity contribution in [2.45, 2.75) is 114 Å². The first-order chi connectivity index (χ1) is 49.9. The molecule has 0 saturated carbocycles. The molecular weight excluding hydrogens is 1490 g/mol. The molecule has 35 nitrogen and oxygen atoms in total. The molecule has 4 aliphatic heterocycles. The number of aromatic nitrogens is 7. The number of hydrogen-bond donors (Lipinski definition) is 10. The molecular formula is C64H66N14O21S6. The molecule has 0 spiro atoms. The van der Waals surface area contributed by atoms with Crippen LogP contribution in [0.5, 0.6) is 5.75 Å². The number of nitrogens with one attached hydrogen (secondary N) is 5. The Labute approximate surface area is 615 Å². The van der Waals surface area contributed by atoms with Gasteiger partial charge in [-0.2, -0.15) is 13.1 Å². The summed E-state index contributed by atoms with van der Waals surface area (Å²) < 4.78 is 72.9. The van der Waals surface area contributed by atoms with E-state index in [0.29, 0.717) is 0 Å². The van der Waals surface area contributed by atoms with Crippen molar-refractivity contribution in [1.82, 2.24) is 66.1 Å². The molecule has 0 aliphatic carbocycles. The Morgan fingerprint density at radius 1 is 0.876 bits per heavy atom. The van der Waals surface area contributed by atoms with E-state index in [4.69, 9.17) is 53.9 Å². The predicted molar refractivity (Wildman–Crippen MR) is 375 cm³/mol. The Morgan fingerprint density at radius 3 is 2.25 bits per heavy atom. The van der Waals surface area contributed by atoms with E-state index in [1.165, 1.54) is 60.0 Å². The van der Waals surface area contributed by atoms with E-state index < -0.39 is 162 Å². The highest BCUT2D eigenvalue weighted by atomic mass is 32.2. The van der Waals surface area contributed by atoms with E-state index in [1.54, 1.807) is 45.0 Å². The second-order valence-corrected chi connectivity index (χ2v) is 30.7. The molecule has 11 N–H and O–H groups in total. The lowest BCUT2D eigenvalue weighted by Crippen LogP contribution is -2.62. The molecule has 7 aromatic heterocycles. The number of aliphatic hydroxyl groups excluding tert-OH is 1. The molecule has 4 aliphatic rings. The SMILES string of the molecule is C=C(NC(=O)c1csc(-c2nc3c(cc2O)-c2nc(cs2)C(=O)N[C@@H]([C@@H](C)O)C(=O)N/C(=C(\C)OC)c2nc(cs2)C(=O)N[C@@H]2c4nc(cs4)C(=O)N[C@@H](COC(=O)c4c5c6c(cccc6n4OCCCS(=O)(=O)O)COC(=O)[C@@H](O[C@H]4C[C@](C)(O)C(N(C)C)[C@H](C)O4)[C@H]2OC5)c2nc-3cs2)n1)C(N)=O. The van der Waals surface area contributed by atoms with Gasteiger partial charge >= 0.3 is 11.9 Å². The smallest absolute Gasteiger partial charge is 0.358 e. The summed E-state index contributed by atoms with van der Waals surface area (Å²) in [5, 5.41) is 55.2. The van der Waals surface area contributed by atoms with Crippen LogP contribution in [0.4, 0.5) is 0 Å². The molecule has 12 rings (SSSR count). The summed E-state index contributed by atoms with van der Waals surface area (Å²) in [6, 6.07) is 0.468. The Balaban J connectivity index is 1.06. The molecule has 8 aromatic rings. The monoisotopic (exact) mass is 1560 g/mol. The van der Waals surface area contributed by atoms with Crippen molar-refractivity contribution >= 4 is 131 Å². The Kier molecular flexibility index (Phi) is 21.8. The van der Waals surface area contributed by atoms with Crippen LogP contribution in [0.3, 0.4) is 0 Å². The van der Waals surface area contributed by atoms with Gasteiger partial charge in [-0.3, -0.25) is 33.3 Å². The number of likely N-dealkylation sites (N-methyl/N-ethyl adjacent to an activating group) is 1. The van der Waals surface area contributed by atoms with Crippen LogP contribution in [-0.2, 0) is 66.1 Å². The van der Waals surface area contributed by atoms with Crippen molar-refractivity contribution in [3.8, 4) is 38.4 Å². The topological polar surface area (TPSA) is 488 Å². The number of pyridine rings is 1. The Morgan fingerprint density at radius 2 is 1.54 bits per heavy atom. The van der Waals surface area contributed by atoms with Crippen molar-refractivity contribution in [3.63, 3.8) is 0 Å². The molecule has 554 valence electrons. The lowest BCUT2D eigenvalue weighted by Gasteiger charge is -2.48. The lowest BCUT2D eigenvalue weighted by molar-refractivity contribution is -0.280. The van der Waals surface area contributed by atoms with Crippen LogP contribution in [0.25, 0.3) is 49.3 Å². The molecule has 1 unspecified atom stereocenters. The minimum Gasteiger partial charge on any atom is -0.506 e. The van der Waals surface area contributed by atoms with Crippen LogP contribution in [0, 0.1) is 0 Å². The van der Waals surface area contributed by atoms with Gasteiger partial charge in [-0.15, -0.1) is 56.7 Å². The van der Waals surface area contributed by atoms with Crippen LogP contribution < -0.4 is 37.2 Å². The van der Waals surface area contributed by atoms with E-state index >= 15 is 19.2 Å². The maximum atomic E-state index is 15.6. The second kappa shape index (κ2) is 30.5. The third-order valence-electron chi connectivity index (χ3n) is 17.1. The number of aliphatic hydroxyl groups is 2. The number of aromatic hydroxyl groups is 1. The number of cyclic esters (lactones) is 2. The van der Waals surface area contributed by atoms with Crippen LogP contribution >= 0.6 is 56.7 Å². The number of primary amides is 1. The number of thiazole rings is 5. The molecule has 6 amide bonds. The third-order valence-corrected chi connectivity index (χ3v) is 22.3. The van der Waals surface area contributed by atoms with Crippen LogP contribution in [0.2, 0.25) is 0 Å². The van der Waals surface area contributed by atoms with E-state index in [0.717, 1.165) is 61.4 Å². The summed E-state index contributed by atoms with van der Waals surface area (Å²) in [6.45, 7) is 7.01. The van der Waals surface area contributed by atoms with Crippen molar-refractivity contribution in [2.75, 3.05) is 40.2 Å². The minimum absolute atomic E-state index is 0.00442. The lowest BCUT2D eigenvalue weighted by atomic mass is 9.85. The Bertz CT molecular complexity index is 4960. The number of carbonyl (C=O) groups is 8. The largest absolute Gasteiger partial charge is 0.506 e. The van der Waals surface area contributed by atoms with Crippen molar-refractivity contribution < 1.29 is 99.9 Å². The summed E-state index contributed by atoms with van der Waals surface area (Å²) in [4.78, 5) is 151. The molecule has 0 radical (unpaired) electrons. The highest BCUT2D eigenvalue weighted by molar-refractivity contribution is 7.85. The van der Waals surface area contributed by atoms with Crippen LogP contribution in [-0.4, -0.2) is 204 Å². The number of amides is 6. The van der Waals surface area contributed by atoms with Gasteiger partial charge in [0.2, 0.25) is 5.91 Å². The highest BCUT2D eigenvalue weighted by Crippen LogP contribution is 2.43. The summed E-state index contributed by atoms with van der Waals surface area (Å²) >= 11 is 4.34. The fourth-order valence-electron chi connectivity index (χ4n) is 12.2. The number of hydrogen-bond acceptors (Lipinski definition) is 32. The van der Waals surface area contributed by atoms with Crippen molar-refractivity contribution in [1.29, 1.82) is 0 Å². The van der Waals surface area contributed by atoms with Gasteiger partial charge in [-0.1, -0.05) is 18.7 Å². The molecule has 11 heterocycles. The number of allylic oxidation sites excluding steroid dienone is 1. The van der Waals surface area contributed by atoms with Gasteiger partial charge in [0.05, 0.1) is 54.5 Å². The fourth-order valence-corrected chi connectivity index (χ4v) is 16.9. The van der Waals surface area contributed by atoms with Gasteiger partial charge in [-0.25, -0.2) is 39.5 Å². The van der Waals surface area contributed by atoms with E-state index in [-0.39, 0.29) is 122 Å². The first-order valence-corrected chi connectivity index (χ1v) is 37.8. The van der Waals surface area contributed by atoms with Crippen molar-refractivity contribution in [2.24, 2.45) is 5.73 Å². The molecule has 1 aromatic carbocycles. The number of benzene rings is 1. The van der Waals surface area contributed by atoms with Crippen LogP contribution in [0.1, 0.15) is 131 Å². The number of esters is 2. The zero-order valence-electron chi connectivity index (χ0n) is 56.4. The number of nitrogens with two attached hydrogens (primary N) is 1. The van der Waals surface area contributed by atoms with E-state index in [1.807, 2.05) is 0 Å². The molecule has 1 fully saturated rings. The molecule has 1 saturated heterocycles. The fraction of sp³-hybridized carbons (Fsp3) is 0.375. The summed E-state index contributed by atoms with van der Waals surface area (Å²) in [5.41, 5.74) is 1.82. The van der Waals surface area contributed by atoms with Gasteiger partial charge in [-0.05, 0) is 59.5 Å². The molecule has 10 atom stereocenters. The zero-order chi connectivity index (χ0) is 75.2. The number of carbonyl (C=O) groups excluding carboxylic acids is 8. The normalized spacial score (nSPS) is 23.3. The third kappa shape index (κ3) is 15.9. The molecule has 105 heavy (non-hydrogen) atoms. The number of ether oxygens (including phenoxy) is 6. The Hall–Kier alpha value is -9.63. The first-order valence-electron chi connectivity index (χ1n) is 31.7. The quantitative estimate of drug-likeness (QED) is 0.0245. The van der Waals surface area contributed by atoms with Gasteiger partial charge in [0.1, 0.15) is 126 Å². The zero-order valence-corrected chi connectivity index (χ0v) is 61.3. The van der Waals surface area contributed by atoms with E-state index in [9.17, 15) is 47.5 Å². The van der Waals surface area contributed by atoms with Gasteiger partial charge in [0.15, 0.2) is 18.1 Å². The van der Waals surface area contributed by atoms with Gasteiger partial charge in [0.25, 0.3) is 39.7 Å². The number of nitrogens with zero attached hydrogens (tertiary/aromatic N) is 8. The summed E-state index contributed by atoms with van der Waals surface area (Å²) in [5.74, 6) is -9.28. The number of fused-ring (bicyclic) bond motifs is 15. The average Bonchev–Trinajstić information content (AvgIpc) is 1.53. The maximum absolute atomic E-state index is 15.6. The van der Waals surface area contributed by atoms with Crippen molar-refractivity contribution in [3.05, 3.63) is 124 Å². The van der Waals surface area contributed by atoms with Gasteiger partial charge < -0.3 is 85.8 Å². The number of methoxy groups -OCH3 is 1. The van der Waals surface area contributed by atoms with E-state index in [2.05, 4.69) is 48.1 Å². The number of rotatable bonds is 14. The standard InChI is InChI=1S/C64H66N14O21S6/c1-25(51(65)81)66-52(82)34-22-103-60(71-34)45-39(80)15-30-44(73-45)33-20-101-58(68-33)32-19-96-62(87)47-31-18-94-48(49(99-40-16-64(5,89)50(77(6)7)28(4)98-40)63(88)95-17-29-11-9-12-38(41(29)31)78(47)97-13-10-14-105(90,91)92)46(61-72-35(23-104-61)53(83)67-32)76-55(85)37-24-102-59(70-37)43(27(3)93-8)75-56(86)42(26(2)79)74-54(84)36-21-100-57(30)69-36/h9,11-12,15,20-24,26,28,32,40,42,46,48-50,79-80,89H,1,10,13-14,16-19H2,2-8H3,(H2,65,81)(H,66,82)(H,67,83)(H,74,84)(H,75,86)(H,76,85)(H,90,91,92)/b43-27+/t26-,28+,32+,40+,42+,46+,48+,49+,50?,64+/m1/s1. The predicted octanol–water partition coefficient (Wildman–Crippen LogP) is 3.36. The van der Waals surface area contributed by atoms with Crippen LogP contribution in [0.15, 0.2) is 69.2 Å². The molecule has 41 heteroatoms. The molecule has 12 bridgehead atoms. The average molecular weight is 1560 g/mol.